The predicted octanol–water partition coefficient (Wildman–Crippen LogP) is 1.96. The van der Waals surface area contributed by atoms with Gasteiger partial charge >= 0.3 is 0 Å². The van der Waals surface area contributed by atoms with E-state index in [1.165, 1.54) is 24.7 Å². The number of carbonyl (C=O) groups excluding carboxylic acids is 2. The first-order chi connectivity index (χ1) is 13.5. The second-order valence-electron chi connectivity index (χ2n) is 7.28. The van der Waals surface area contributed by atoms with Crippen LogP contribution in [0.15, 0.2) is 36.8 Å². The lowest BCUT2D eigenvalue weighted by molar-refractivity contribution is -0.144. The van der Waals surface area contributed by atoms with Crippen LogP contribution in [0.2, 0.25) is 0 Å². The van der Waals surface area contributed by atoms with E-state index >= 15 is 0 Å². The van der Waals surface area contributed by atoms with Gasteiger partial charge in [0, 0.05) is 18.4 Å². The number of ether oxygens (including phenoxy) is 1. The Labute approximate surface area is 162 Å². The van der Waals surface area contributed by atoms with E-state index in [0.717, 1.165) is 12.8 Å². The third kappa shape index (κ3) is 3.47. The predicted molar refractivity (Wildman–Crippen MR) is 99.3 cm³/mol. The lowest BCUT2D eigenvalue weighted by Crippen LogP contribution is -2.62. The second-order valence-corrected chi connectivity index (χ2v) is 7.28. The normalized spacial score (nSPS) is 22.6. The molecule has 3 heterocycles. The van der Waals surface area contributed by atoms with Gasteiger partial charge in [-0.25, -0.2) is 14.4 Å². The maximum Gasteiger partial charge on any atom is 0.257 e. The Hall–Kier alpha value is -2.87. The van der Waals surface area contributed by atoms with Gasteiger partial charge in [-0.2, -0.15) is 0 Å². The number of aromatic nitrogens is 2. The molecule has 1 spiro atoms. The fourth-order valence-electron chi connectivity index (χ4n) is 3.88. The van der Waals surface area contributed by atoms with Crippen LogP contribution in [0, 0.1) is 12.7 Å². The van der Waals surface area contributed by atoms with Crippen molar-refractivity contribution in [2.45, 2.75) is 25.4 Å². The van der Waals surface area contributed by atoms with Crippen LogP contribution in [-0.2, 0) is 9.53 Å². The maximum absolute atomic E-state index is 13.6. The zero-order valence-corrected chi connectivity index (χ0v) is 15.6. The number of anilines is 1. The number of morpholine rings is 1. The van der Waals surface area contributed by atoms with Gasteiger partial charge in [-0.1, -0.05) is 6.07 Å². The SMILES string of the molecule is Cc1ncncc1C(=O)N1CCCC2(C1)CN(c1cccc(F)c1)C(=O)CO2. The molecule has 0 N–H and O–H groups in total. The average molecular weight is 384 g/mol. The van der Waals surface area contributed by atoms with Crippen LogP contribution < -0.4 is 4.90 Å². The maximum atomic E-state index is 13.6. The quantitative estimate of drug-likeness (QED) is 0.791. The van der Waals surface area contributed by atoms with Gasteiger partial charge in [-0.3, -0.25) is 9.59 Å². The number of carbonyl (C=O) groups is 2. The monoisotopic (exact) mass is 384 g/mol. The first kappa shape index (κ1) is 18.5. The summed E-state index contributed by atoms with van der Waals surface area (Å²) >= 11 is 0. The minimum atomic E-state index is -0.669. The van der Waals surface area contributed by atoms with E-state index in [1.54, 1.807) is 28.9 Å². The zero-order valence-electron chi connectivity index (χ0n) is 15.6. The molecule has 146 valence electrons. The number of nitrogens with zero attached hydrogens (tertiary/aromatic N) is 4. The van der Waals surface area contributed by atoms with Gasteiger partial charge in [0.1, 0.15) is 24.4 Å². The van der Waals surface area contributed by atoms with Crippen molar-refractivity contribution in [3.8, 4) is 0 Å². The molecule has 2 saturated heterocycles. The van der Waals surface area contributed by atoms with E-state index in [4.69, 9.17) is 4.74 Å². The molecule has 7 nitrogen and oxygen atoms in total. The molecular formula is C20H21FN4O3. The number of aryl methyl sites for hydroxylation is 1. The first-order valence-electron chi connectivity index (χ1n) is 9.23. The standard InChI is InChI=1S/C20H21FN4O3/c1-14-17(9-22-13-23-14)19(27)24-7-3-6-20(11-24)12-25(18(26)10-28-20)16-5-2-4-15(21)8-16/h2,4-5,8-9,13H,3,6-7,10-12H2,1H3. The summed E-state index contributed by atoms with van der Waals surface area (Å²) in [5.74, 6) is -0.757. The fourth-order valence-corrected chi connectivity index (χ4v) is 3.88. The van der Waals surface area contributed by atoms with Crippen LogP contribution >= 0.6 is 0 Å². The summed E-state index contributed by atoms with van der Waals surface area (Å²) in [6.45, 7) is 2.93. The van der Waals surface area contributed by atoms with Crippen LogP contribution in [0.5, 0.6) is 0 Å². The molecule has 4 rings (SSSR count). The Morgan fingerprint density at radius 1 is 1.32 bits per heavy atom. The summed E-state index contributed by atoms with van der Waals surface area (Å²) in [6.07, 6.45) is 4.41. The van der Waals surface area contributed by atoms with E-state index in [0.29, 0.717) is 30.0 Å². The molecule has 8 heteroatoms. The summed E-state index contributed by atoms with van der Waals surface area (Å²) in [5, 5.41) is 0. The Morgan fingerprint density at radius 3 is 2.96 bits per heavy atom. The highest BCUT2D eigenvalue weighted by atomic mass is 19.1. The van der Waals surface area contributed by atoms with Gasteiger partial charge in [-0.15, -0.1) is 0 Å². The van der Waals surface area contributed by atoms with E-state index in [9.17, 15) is 14.0 Å². The van der Waals surface area contributed by atoms with Gasteiger partial charge < -0.3 is 14.5 Å². The molecular weight excluding hydrogens is 363 g/mol. The lowest BCUT2D eigenvalue weighted by atomic mass is 9.90. The number of likely N-dealkylation sites (tertiary alicyclic amines) is 1. The number of piperidine rings is 1. The van der Waals surface area contributed by atoms with Crippen molar-refractivity contribution in [1.29, 1.82) is 0 Å². The number of hydrogen-bond acceptors (Lipinski definition) is 5. The highest BCUT2D eigenvalue weighted by Gasteiger charge is 2.44. The molecule has 1 aromatic carbocycles. The summed E-state index contributed by atoms with van der Waals surface area (Å²) in [5.41, 5.74) is 0.926. The van der Waals surface area contributed by atoms with Gasteiger partial charge in [0.25, 0.3) is 11.8 Å². The molecule has 0 bridgehead atoms. The van der Waals surface area contributed by atoms with E-state index in [1.807, 2.05) is 0 Å². The van der Waals surface area contributed by atoms with Gasteiger partial charge in [0.2, 0.25) is 0 Å². The van der Waals surface area contributed by atoms with Crippen LogP contribution in [-0.4, -0.2) is 58.5 Å². The Balaban J connectivity index is 1.56. The fraction of sp³-hybridized carbons (Fsp3) is 0.400. The van der Waals surface area contributed by atoms with E-state index in [-0.39, 0.29) is 25.0 Å². The van der Waals surface area contributed by atoms with Crippen molar-refractivity contribution in [2.24, 2.45) is 0 Å². The largest absolute Gasteiger partial charge is 0.361 e. The summed E-state index contributed by atoms with van der Waals surface area (Å²) in [4.78, 5) is 36.7. The Kier molecular flexibility index (Phi) is 4.80. The molecule has 1 unspecified atom stereocenters. The number of benzene rings is 1. The molecule has 2 aliphatic heterocycles. The van der Waals surface area contributed by atoms with Crippen molar-refractivity contribution >= 4 is 17.5 Å². The number of rotatable bonds is 2. The molecule has 2 fully saturated rings. The lowest BCUT2D eigenvalue weighted by Gasteiger charge is -2.47. The zero-order chi connectivity index (χ0) is 19.7. The molecule has 2 aliphatic rings. The van der Waals surface area contributed by atoms with Crippen molar-refractivity contribution in [3.63, 3.8) is 0 Å². The highest BCUT2D eigenvalue weighted by Crippen LogP contribution is 2.32. The van der Waals surface area contributed by atoms with Crippen LogP contribution in [0.25, 0.3) is 0 Å². The third-order valence-electron chi connectivity index (χ3n) is 5.34. The topological polar surface area (TPSA) is 75.6 Å². The molecule has 0 saturated carbocycles. The Bertz CT molecular complexity index is 922. The molecule has 0 aliphatic carbocycles. The van der Waals surface area contributed by atoms with Crippen molar-refractivity contribution in [2.75, 3.05) is 31.1 Å². The molecule has 1 atom stereocenters. The van der Waals surface area contributed by atoms with Crippen LogP contribution in [0.1, 0.15) is 28.9 Å². The summed E-state index contributed by atoms with van der Waals surface area (Å²) in [7, 11) is 0. The van der Waals surface area contributed by atoms with Crippen LogP contribution in [0.3, 0.4) is 0 Å². The van der Waals surface area contributed by atoms with Gasteiger partial charge in [-0.05, 0) is 38.0 Å². The Morgan fingerprint density at radius 2 is 2.18 bits per heavy atom. The molecule has 0 radical (unpaired) electrons. The van der Waals surface area contributed by atoms with Crippen molar-refractivity contribution in [3.05, 3.63) is 53.9 Å². The van der Waals surface area contributed by atoms with Gasteiger partial charge in [0.05, 0.1) is 24.3 Å². The minimum absolute atomic E-state index is 0.0913. The minimum Gasteiger partial charge on any atom is -0.361 e. The summed E-state index contributed by atoms with van der Waals surface area (Å²) in [6, 6.07) is 5.97. The average Bonchev–Trinajstić information content (AvgIpc) is 2.70. The van der Waals surface area contributed by atoms with Crippen molar-refractivity contribution in [1.82, 2.24) is 14.9 Å². The molecule has 2 aromatic rings. The van der Waals surface area contributed by atoms with E-state index in [2.05, 4.69) is 9.97 Å². The number of hydrogen-bond donors (Lipinski definition) is 0. The molecule has 2 amide bonds. The third-order valence-corrected chi connectivity index (χ3v) is 5.34. The number of halogens is 1. The molecule has 28 heavy (non-hydrogen) atoms. The van der Waals surface area contributed by atoms with Crippen LogP contribution in [0.4, 0.5) is 10.1 Å². The second kappa shape index (κ2) is 7.27. The molecule has 1 aromatic heterocycles. The first-order valence-corrected chi connectivity index (χ1v) is 9.23. The number of amides is 2. The highest BCUT2D eigenvalue weighted by molar-refractivity contribution is 5.96. The van der Waals surface area contributed by atoms with Gasteiger partial charge in [0.15, 0.2) is 0 Å². The van der Waals surface area contributed by atoms with E-state index < -0.39 is 11.4 Å². The summed E-state index contributed by atoms with van der Waals surface area (Å²) < 4.78 is 19.6. The smallest absolute Gasteiger partial charge is 0.257 e. The van der Waals surface area contributed by atoms with Crippen molar-refractivity contribution < 1.29 is 18.7 Å².